The van der Waals surface area contributed by atoms with Gasteiger partial charge in [0.1, 0.15) is 5.75 Å². The molecule has 0 aliphatic rings. The molecule has 0 amide bonds. The Morgan fingerprint density at radius 1 is 1.30 bits per heavy atom. The predicted octanol–water partition coefficient (Wildman–Crippen LogP) is 2.53. The summed E-state index contributed by atoms with van der Waals surface area (Å²) in [4.78, 5) is 11.4. The SMILES string of the molecule is CCOc1ccc(CN(CC(=O)O)CC(F)(F)F)cc1. The Balaban J connectivity index is 2.70. The molecule has 7 heteroatoms. The van der Waals surface area contributed by atoms with Gasteiger partial charge in [0.25, 0.3) is 0 Å². The number of hydrogen-bond donors (Lipinski definition) is 1. The third kappa shape index (κ3) is 6.42. The Morgan fingerprint density at radius 2 is 1.90 bits per heavy atom. The first-order chi connectivity index (χ1) is 9.30. The van der Waals surface area contributed by atoms with E-state index in [9.17, 15) is 18.0 Å². The Bertz CT molecular complexity index is 431. The first-order valence-corrected chi connectivity index (χ1v) is 6.03. The quantitative estimate of drug-likeness (QED) is 0.838. The Labute approximate surface area is 114 Å². The van der Waals surface area contributed by atoms with E-state index in [4.69, 9.17) is 9.84 Å². The number of hydrogen-bond acceptors (Lipinski definition) is 3. The molecule has 0 aliphatic carbocycles. The molecule has 0 radical (unpaired) electrons. The first-order valence-electron chi connectivity index (χ1n) is 6.03. The molecule has 0 aromatic heterocycles. The van der Waals surface area contributed by atoms with Crippen molar-refractivity contribution in [1.29, 1.82) is 0 Å². The molecule has 1 aromatic rings. The van der Waals surface area contributed by atoms with E-state index < -0.39 is 25.2 Å². The average molecular weight is 291 g/mol. The summed E-state index contributed by atoms with van der Waals surface area (Å²) in [7, 11) is 0. The van der Waals surface area contributed by atoms with E-state index in [-0.39, 0.29) is 6.54 Å². The van der Waals surface area contributed by atoms with Gasteiger partial charge in [-0.1, -0.05) is 12.1 Å². The minimum absolute atomic E-state index is 0.0851. The second-order valence-corrected chi connectivity index (χ2v) is 4.23. The highest BCUT2D eigenvalue weighted by molar-refractivity contribution is 5.69. The van der Waals surface area contributed by atoms with Crippen molar-refractivity contribution in [2.24, 2.45) is 0 Å². The fraction of sp³-hybridized carbons (Fsp3) is 0.462. The summed E-state index contributed by atoms with van der Waals surface area (Å²) in [6, 6.07) is 6.53. The third-order valence-electron chi connectivity index (χ3n) is 2.40. The fourth-order valence-electron chi connectivity index (χ4n) is 1.73. The van der Waals surface area contributed by atoms with Crippen molar-refractivity contribution in [1.82, 2.24) is 4.90 Å². The van der Waals surface area contributed by atoms with E-state index in [1.807, 2.05) is 6.92 Å². The van der Waals surface area contributed by atoms with Gasteiger partial charge in [-0.05, 0) is 24.6 Å². The average Bonchev–Trinajstić information content (AvgIpc) is 2.29. The van der Waals surface area contributed by atoms with Crippen LogP contribution in [0.2, 0.25) is 0 Å². The van der Waals surface area contributed by atoms with E-state index in [1.54, 1.807) is 24.3 Å². The van der Waals surface area contributed by atoms with Gasteiger partial charge in [-0.2, -0.15) is 13.2 Å². The summed E-state index contributed by atoms with van der Waals surface area (Å²) in [6.45, 7) is 0.321. The van der Waals surface area contributed by atoms with Crippen molar-refractivity contribution < 1.29 is 27.8 Å². The Morgan fingerprint density at radius 3 is 2.35 bits per heavy atom. The monoisotopic (exact) mass is 291 g/mol. The lowest BCUT2D eigenvalue weighted by molar-refractivity contribution is -0.154. The minimum atomic E-state index is -4.43. The van der Waals surface area contributed by atoms with Gasteiger partial charge in [0.05, 0.1) is 19.7 Å². The molecular weight excluding hydrogens is 275 g/mol. The van der Waals surface area contributed by atoms with E-state index in [0.29, 0.717) is 17.9 Å². The van der Waals surface area contributed by atoms with Crippen molar-refractivity contribution in [3.63, 3.8) is 0 Å². The lowest BCUT2D eigenvalue weighted by Gasteiger charge is -2.21. The molecular formula is C13H16F3NO3. The lowest BCUT2D eigenvalue weighted by Crippen LogP contribution is -2.37. The van der Waals surface area contributed by atoms with Crippen LogP contribution in [-0.4, -0.2) is 41.8 Å². The second-order valence-electron chi connectivity index (χ2n) is 4.23. The molecule has 20 heavy (non-hydrogen) atoms. The van der Waals surface area contributed by atoms with Crippen LogP contribution in [0.5, 0.6) is 5.75 Å². The number of carboxylic acids is 1. The second kappa shape index (κ2) is 7.14. The summed E-state index contributed by atoms with van der Waals surface area (Å²) in [5.74, 6) is -0.669. The van der Waals surface area contributed by atoms with Gasteiger partial charge in [0.2, 0.25) is 0 Å². The third-order valence-corrected chi connectivity index (χ3v) is 2.40. The smallest absolute Gasteiger partial charge is 0.401 e. The normalized spacial score (nSPS) is 11.7. The summed E-state index contributed by atoms with van der Waals surface area (Å²) < 4.78 is 42.3. The van der Waals surface area contributed by atoms with Crippen molar-refractivity contribution in [3.8, 4) is 5.75 Å². The Hall–Kier alpha value is -1.76. The number of aliphatic carboxylic acids is 1. The zero-order valence-corrected chi connectivity index (χ0v) is 11.0. The van der Waals surface area contributed by atoms with E-state index in [1.165, 1.54) is 0 Å². The maximum atomic E-state index is 12.4. The number of benzene rings is 1. The van der Waals surface area contributed by atoms with Crippen LogP contribution in [0.15, 0.2) is 24.3 Å². The van der Waals surface area contributed by atoms with Crippen LogP contribution in [0.3, 0.4) is 0 Å². The van der Waals surface area contributed by atoms with Crippen molar-refractivity contribution >= 4 is 5.97 Å². The molecule has 1 aromatic carbocycles. The number of carbonyl (C=O) groups is 1. The first kappa shape index (κ1) is 16.3. The van der Waals surface area contributed by atoms with Gasteiger partial charge < -0.3 is 9.84 Å². The number of nitrogens with zero attached hydrogens (tertiary/aromatic N) is 1. The van der Waals surface area contributed by atoms with Gasteiger partial charge in [0.15, 0.2) is 0 Å². The molecule has 4 nitrogen and oxygen atoms in total. The van der Waals surface area contributed by atoms with E-state index in [2.05, 4.69) is 0 Å². The standard InChI is InChI=1S/C13H16F3NO3/c1-2-20-11-5-3-10(4-6-11)7-17(8-12(18)19)9-13(14,15)16/h3-6H,2,7-9H2,1H3,(H,18,19). The molecule has 0 atom stereocenters. The number of ether oxygens (including phenoxy) is 1. The molecule has 0 saturated heterocycles. The highest BCUT2D eigenvalue weighted by atomic mass is 19.4. The molecule has 0 spiro atoms. The van der Waals surface area contributed by atoms with Gasteiger partial charge in [-0.15, -0.1) is 0 Å². The zero-order chi connectivity index (χ0) is 15.2. The Kier molecular flexibility index (Phi) is 5.82. The molecule has 0 aliphatic heterocycles. The summed E-state index contributed by atoms with van der Waals surface area (Å²) in [5, 5.41) is 8.64. The number of halogens is 3. The topological polar surface area (TPSA) is 49.8 Å². The molecule has 0 unspecified atom stereocenters. The van der Waals surface area contributed by atoms with Gasteiger partial charge in [-0.25, -0.2) is 0 Å². The molecule has 0 saturated carbocycles. The molecule has 0 fully saturated rings. The molecule has 112 valence electrons. The summed E-state index contributed by atoms with van der Waals surface area (Å²) in [5.41, 5.74) is 0.596. The highest BCUT2D eigenvalue weighted by Gasteiger charge is 2.31. The van der Waals surface area contributed by atoms with E-state index in [0.717, 1.165) is 4.90 Å². The lowest BCUT2D eigenvalue weighted by atomic mass is 10.2. The van der Waals surface area contributed by atoms with Crippen molar-refractivity contribution in [2.45, 2.75) is 19.6 Å². The van der Waals surface area contributed by atoms with Crippen molar-refractivity contribution in [2.75, 3.05) is 19.7 Å². The van der Waals surface area contributed by atoms with Gasteiger partial charge in [0, 0.05) is 6.54 Å². The van der Waals surface area contributed by atoms with Crippen LogP contribution in [0.4, 0.5) is 13.2 Å². The number of rotatable bonds is 7. The van der Waals surface area contributed by atoms with Crippen LogP contribution >= 0.6 is 0 Å². The van der Waals surface area contributed by atoms with Gasteiger partial charge in [-0.3, -0.25) is 9.69 Å². The molecule has 0 bridgehead atoms. The number of carboxylic acid groups (broad SMARTS) is 1. The minimum Gasteiger partial charge on any atom is -0.494 e. The summed E-state index contributed by atoms with van der Waals surface area (Å²) >= 11 is 0. The van der Waals surface area contributed by atoms with Gasteiger partial charge >= 0.3 is 12.1 Å². The fourth-order valence-corrected chi connectivity index (χ4v) is 1.73. The van der Waals surface area contributed by atoms with Crippen LogP contribution in [0, 0.1) is 0 Å². The number of alkyl halides is 3. The molecule has 0 heterocycles. The highest BCUT2D eigenvalue weighted by Crippen LogP contribution is 2.19. The molecule has 1 rings (SSSR count). The maximum absolute atomic E-state index is 12.4. The van der Waals surface area contributed by atoms with Crippen molar-refractivity contribution in [3.05, 3.63) is 29.8 Å². The van der Waals surface area contributed by atoms with Crippen LogP contribution in [0.1, 0.15) is 12.5 Å². The summed E-state index contributed by atoms with van der Waals surface area (Å²) in [6.07, 6.45) is -4.43. The maximum Gasteiger partial charge on any atom is 0.401 e. The predicted molar refractivity (Wildman–Crippen MR) is 66.6 cm³/mol. The van der Waals surface area contributed by atoms with Crippen LogP contribution in [-0.2, 0) is 11.3 Å². The van der Waals surface area contributed by atoms with E-state index >= 15 is 0 Å². The van der Waals surface area contributed by atoms with Crippen LogP contribution in [0.25, 0.3) is 0 Å². The molecule has 1 N–H and O–H groups in total. The van der Waals surface area contributed by atoms with Crippen LogP contribution < -0.4 is 4.74 Å². The zero-order valence-electron chi connectivity index (χ0n) is 11.0. The largest absolute Gasteiger partial charge is 0.494 e.